The van der Waals surface area contributed by atoms with E-state index in [1.54, 1.807) is 12.3 Å². The highest BCUT2D eigenvalue weighted by molar-refractivity contribution is 5.92. The zero-order valence-corrected chi connectivity index (χ0v) is 16.7. The van der Waals surface area contributed by atoms with Crippen LogP contribution in [0.2, 0.25) is 0 Å². The number of para-hydroxylation sites is 1. The molecule has 0 spiro atoms. The average Bonchev–Trinajstić information content (AvgIpc) is 2.80. The fourth-order valence-electron chi connectivity index (χ4n) is 3.55. The molecule has 1 fully saturated rings. The fourth-order valence-corrected chi connectivity index (χ4v) is 3.55. The van der Waals surface area contributed by atoms with Gasteiger partial charge < -0.3 is 15.1 Å². The SMILES string of the molecule is CCc1ccc(Nc2ccc(C(=O)N3CCN(c4ccccc4)CC3)nc2)cc1. The number of nitrogens with zero attached hydrogens (tertiary/aromatic N) is 3. The van der Waals surface area contributed by atoms with Gasteiger partial charge in [0.25, 0.3) is 5.91 Å². The standard InChI is InChI=1S/C24H26N4O/c1-2-19-8-10-20(11-9-19)26-21-12-13-23(25-18-21)24(29)28-16-14-27(15-17-28)22-6-4-3-5-7-22/h3-13,18,26H,2,14-17H2,1H3. The van der Waals surface area contributed by atoms with Gasteiger partial charge >= 0.3 is 0 Å². The normalized spacial score (nSPS) is 14.0. The number of hydrogen-bond acceptors (Lipinski definition) is 4. The van der Waals surface area contributed by atoms with E-state index in [0.717, 1.165) is 30.9 Å². The van der Waals surface area contributed by atoms with Crippen molar-refractivity contribution in [3.63, 3.8) is 0 Å². The molecule has 1 amide bonds. The number of anilines is 3. The first-order valence-corrected chi connectivity index (χ1v) is 10.1. The Morgan fingerprint density at radius 1 is 0.897 bits per heavy atom. The Kier molecular flexibility index (Phi) is 5.75. The average molecular weight is 386 g/mol. The van der Waals surface area contributed by atoms with Gasteiger partial charge in [-0.25, -0.2) is 4.98 Å². The van der Waals surface area contributed by atoms with Crippen molar-refractivity contribution in [1.82, 2.24) is 9.88 Å². The Hall–Kier alpha value is -3.34. The molecule has 1 N–H and O–H groups in total. The number of rotatable bonds is 5. The quantitative estimate of drug-likeness (QED) is 0.708. The van der Waals surface area contributed by atoms with Crippen LogP contribution >= 0.6 is 0 Å². The second kappa shape index (κ2) is 8.78. The lowest BCUT2D eigenvalue weighted by molar-refractivity contribution is 0.0741. The van der Waals surface area contributed by atoms with E-state index in [1.165, 1.54) is 11.3 Å². The summed E-state index contributed by atoms with van der Waals surface area (Å²) in [7, 11) is 0. The molecular formula is C24H26N4O. The summed E-state index contributed by atoms with van der Waals surface area (Å²) in [5.74, 6) is -0.00318. The van der Waals surface area contributed by atoms with Crippen molar-refractivity contribution < 1.29 is 4.79 Å². The van der Waals surface area contributed by atoms with Gasteiger partial charge in [-0.3, -0.25) is 4.79 Å². The van der Waals surface area contributed by atoms with Gasteiger partial charge in [-0.15, -0.1) is 0 Å². The number of carbonyl (C=O) groups excluding carboxylic acids is 1. The van der Waals surface area contributed by atoms with Crippen molar-refractivity contribution in [2.24, 2.45) is 0 Å². The van der Waals surface area contributed by atoms with Crippen LogP contribution in [0.1, 0.15) is 23.0 Å². The molecule has 2 heterocycles. The van der Waals surface area contributed by atoms with Gasteiger partial charge in [0, 0.05) is 37.6 Å². The molecular weight excluding hydrogens is 360 g/mol. The molecule has 2 aromatic carbocycles. The smallest absolute Gasteiger partial charge is 0.272 e. The predicted octanol–water partition coefficient (Wildman–Crippen LogP) is 4.35. The molecule has 29 heavy (non-hydrogen) atoms. The van der Waals surface area contributed by atoms with Crippen LogP contribution in [0, 0.1) is 0 Å². The Morgan fingerprint density at radius 2 is 1.59 bits per heavy atom. The summed E-state index contributed by atoms with van der Waals surface area (Å²) in [5, 5.41) is 3.33. The van der Waals surface area contributed by atoms with Gasteiger partial charge in [0.15, 0.2) is 0 Å². The highest BCUT2D eigenvalue weighted by Crippen LogP contribution is 2.19. The third kappa shape index (κ3) is 4.57. The lowest BCUT2D eigenvalue weighted by Crippen LogP contribution is -2.49. The van der Waals surface area contributed by atoms with E-state index in [4.69, 9.17) is 0 Å². The topological polar surface area (TPSA) is 48.5 Å². The number of carbonyl (C=O) groups is 1. The number of piperazine rings is 1. The Balaban J connectivity index is 1.34. The minimum absolute atomic E-state index is 0.00318. The van der Waals surface area contributed by atoms with E-state index in [9.17, 15) is 4.79 Å². The van der Waals surface area contributed by atoms with Gasteiger partial charge in [0.05, 0.1) is 11.9 Å². The molecule has 0 radical (unpaired) electrons. The first kappa shape index (κ1) is 19.0. The summed E-state index contributed by atoms with van der Waals surface area (Å²) in [6.45, 7) is 5.23. The molecule has 1 saturated heterocycles. The maximum Gasteiger partial charge on any atom is 0.272 e. The number of hydrogen-bond donors (Lipinski definition) is 1. The third-order valence-electron chi connectivity index (χ3n) is 5.32. The van der Waals surface area contributed by atoms with Crippen LogP contribution in [0.15, 0.2) is 72.9 Å². The number of amides is 1. The summed E-state index contributed by atoms with van der Waals surface area (Å²) in [6, 6.07) is 22.4. The van der Waals surface area contributed by atoms with Gasteiger partial charge in [0.2, 0.25) is 0 Å². The highest BCUT2D eigenvalue weighted by atomic mass is 16.2. The molecule has 0 atom stereocenters. The molecule has 0 aliphatic carbocycles. The van der Waals surface area contributed by atoms with Crippen molar-refractivity contribution in [3.8, 4) is 0 Å². The lowest BCUT2D eigenvalue weighted by Gasteiger charge is -2.36. The van der Waals surface area contributed by atoms with Crippen LogP contribution in [0.5, 0.6) is 0 Å². The van der Waals surface area contributed by atoms with Gasteiger partial charge in [-0.2, -0.15) is 0 Å². The van der Waals surface area contributed by atoms with Crippen molar-refractivity contribution >= 4 is 23.0 Å². The van der Waals surface area contributed by atoms with Crippen molar-refractivity contribution in [1.29, 1.82) is 0 Å². The monoisotopic (exact) mass is 386 g/mol. The van der Waals surface area contributed by atoms with Crippen LogP contribution < -0.4 is 10.2 Å². The molecule has 0 saturated carbocycles. The molecule has 4 rings (SSSR count). The number of benzene rings is 2. The van der Waals surface area contributed by atoms with E-state index < -0.39 is 0 Å². The van der Waals surface area contributed by atoms with Crippen molar-refractivity contribution in [2.45, 2.75) is 13.3 Å². The Labute approximate surface area is 172 Å². The summed E-state index contributed by atoms with van der Waals surface area (Å²) in [6.07, 6.45) is 2.75. The molecule has 0 bridgehead atoms. The molecule has 1 aromatic heterocycles. The van der Waals surface area contributed by atoms with E-state index in [1.807, 2.05) is 29.2 Å². The van der Waals surface area contributed by atoms with Crippen LogP contribution in [0.4, 0.5) is 17.1 Å². The maximum atomic E-state index is 12.8. The van der Waals surface area contributed by atoms with Gasteiger partial charge in [0.1, 0.15) is 5.69 Å². The first-order valence-electron chi connectivity index (χ1n) is 10.1. The molecule has 5 heteroatoms. The number of aromatic nitrogens is 1. The van der Waals surface area contributed by atoms with Crippen LogP contribution in [-0.4, -0.2) is 42.0 Å². The Morgan fingerprint density at radius 3 is 2.21 bits per heavy atom. The van der Waals surface area contributed by atoms with E-state index in [2.05, 4.69) is 58.5 Å². The molecule has 5 nitrogen and oxygen atoms in total. The predicted molar refractivity (Wildman–Crippen MR) is 118 cm³/mol. The van der Waals surface area contributed by atoms with Crippen LogP contribution in [0.3, 0.4) is 0 Å². The molecule has 1 aliphatic rings. The van der Waals surface area contributed by atoms with Gasteiger partial charge in [-0.1, -0.05) is 37.3 Å². The fraction of sp³-hybridized carbons (Fsp3) is 0.250. The lowest BCUT2D eigenvalue weighted by atomic mass is 10.1. The molecule has 0 unspecified atom stereocenters. The van der Waals surface area contributed by atoms with Crippen LogP contribution in [-0.2, 0) is 6.42 Å². The molecule has 1 aliphatic heterocycles. The highest BCUT2D eigenvalue weighted by Gasteiger charge is 2.23. The minimum Gasteiger partial charge on any atom is -0.368 e. The third-order valence-corrected chi connectivity index (χ3v) is 5.32. The number of aryl methyl sites for hydroxylation is 1. The summed E-state index contributed by atoms with van der Waals surface area (Å²) >= 11 is 0. The largest absolute Gasteiger partial charge is 0.368 e. The first-order chi connectivity index (χ1) is 14.2. The van der Waals surface area contributed by atoms with E-state index >= 15 is 0 Å². The number of nitrogens with one attached hydrogen (secondary N) is 1. The van der Waals surface area contributed by atoms with E-state index in [-0.39, 0.29) is 5.91 Å². The van der Waals surface area contributed by atoms with Crippen molar-refractivity contribution in [2.75, 3.05) is 36.4 Å². The maximum absolute atomic E-state index is 12.8. The second-order valence-corrected chi connectivity index (χ2v) is 7.22. The zero-order chi connectivity index (χ0) is 20.1. The Bertz CT molecular complexity index is 931. The minimum atomic E-state index is -0.00318. The molecule has 3 aromatic rings. The molecule has 148 valence electrons. The van der Waals surface area contributed by atoms with E-state index in [0.29, 0.717) is 18.8 Å². The van der Waals surface area contributed by atoms with Gasteiger partial charge in [-0.05, 0) is 48.4 Å². The van der Waals surface area contributed by atoms with Crippen LogP contribution in [0.25, 0.3) is 0 Å². The number of pyridine rings is 1. The zero-order valence-electron chi connectivity index (χ0n) is 16.7. The summed E-state index contributed by atoms with van der Waals surface area (Å²) in [5.41, 5.74) is 4.90. The summed E-state index contributed by atoms with van der Waals surface area (Å²) in [4.78, 5) is 21.4. The van der Waals surface area contributed by atoms with Crippen molar-refractivity contribution in [3.05, 3.63) is 84.2 Å². The summed E-state index contributed by atoms with van der Waals surface area (Å²) < 4.78 is 0. The second-order valence-electron chi connectivity index (χ2n) is 7.22.